The quantitative estimate of drug-likeness (QED) is 0.841. The molecule has 0 aromatic carbocycles. The maximum Gasteiger partial charge on any atom is 0.338 e. The van der Waals surface area contributed by atoms with Crippen LogP contribution in [0, 0.1) is 0 Å². The molecule has 0 aliphatic heterocycles. The SMILES string of the molecule is CSC(C)(C)CNC(=O)c1cc(C(=O)O)co1. The molecule has 0 aliphatic rings. The minimum atomic E-state index is -1.11. The number of hydrogen-bond acceptors (Lipinski definition) is 4. The van der Waals surface area contributed by atoms with Gasteiger partial charge in [0.15, 0.2) is 5.76 Å². The molecule has 0 spiro atoms. The number of furan rings is 1. The van der Waals surface area contributed by atoms with Crippen molar-refractivity contribution in [3.05, 3.63) is 23.7 Å². The largest absolute Gasteiger partial charge is 0.478 e. The minimum Gasteiger partial charge on any atom is -0.478 e. The zero-order valence-electron chi connectivity index (χ0n) is 9.94. The fraction of sp³-hybridized carbons (Fsp3) is 0.455. The topological polar surface area (TPSA) is 79.5 Å². The molecule has 0 unspecified atom stereocenters. The van der Waals surface area contributed by atoms with Crippen molar-refractivity contribution in [2.45, 2.75) is 18.6 Å². The van der Waals surface area contributed by atoms with Gasteiger partial charge in [-0.1, -0.05) is 0 Å². The number of carboxylic acids is 1. The third-order valence-corrected chi connectivity index (χ3v) is 3.55. The van der Waals surface area contributed by atoms with Crippen molar-refractivity contribution < 1.29 is 19.1 Å². The van der Waals surface area contributed by atoms with Gasteiger partial charge in [0.1, 0.15) is 6.26 Å². The molecule has 0 atom stereocenters. The summed E-state index contributed by atoms with van der Waals surface area (Å²) in [5.74, 6) is -1.50. The average molecular weight is 257 g/mol. The van der Waals surface area contributed by atoms with Crippen LogP contribution in [0.25, 0.3) is 0 Å². The number of thioether (sulfide) groups is 1. The summed E-state index contributed by atoms with van der Waals surface area (Å²) in [6.07, 6.45) is 3.01. The number of carbonyl (C=O) groups is 2. The molecular formula is C11H15NO4S. The van der Waals surface area contributed by atoms with Crippen molar-refractivity contribution in [3.63, 3.8) is 0 Å². The van der Waals surface area contributed by atoms with Gasteiger partial charge in [-0.25, -0.2) is 4.79 Å². The van der Waals surface area contributed by atoms with Crippen LogP contribution in [0.2, 0.25) is 0 Å². The highest BCUT2D eigenvalue weighted by Crippen LogP contribution is 2.19. The molecule has 0 radical (unpaired) electrons. The van der Waals surface area contributed by atoms with Crippen molar-refractivity contribution in [1.82, 2.24) is 5.32 Å². The summed E-state index contributed by atoms with van der Waals surface area (Å²) < 4.78 is 4.82. The molecule has 0 fully saturated rings. The molecule has 1 rings (SSSR count). The van der Waals surface area contributed by atoms with E-state index in [1.807, 2.05) is 20.1 Å². The highest BCUT2D eigenvalue weighted by atomic mass is 32.2. The first-order chi connectivity index (χ1) is 7.85. The van der Waals surface area contributed by atoms with Crippen LogP contribution in [0.1, 0.15) is 34.8 Å². The standard InChI is InChI=1S/C11H15NO4S/c1-11(2,17-3)6-12-9(13)8-4-7(5-16-8)10(14)15/h4-5H,6H2,1-3H3,(H,12,13)(H,14,15). The number of carboxylic acid groups (broad SMARTS) is 1. The third kappa shape index (κ3) is 3.81. The van der Waals surface area contributed by atoms with Gasteiger partial charge in [0, 0.05) is 17.4 Å². The summed E-state index contributed by atoms with van der Waals surface area (Å²) >= 11 is 1.63. The van der Waals surface area contributed by atoms with Gasteiger partial charge in [-0.3, -0.25) is 4.79 Å². The summed E-state index contributed by atoms with van der Waals surface area (Å²) in [6.45, 7) is 4.49. The Morgan fingerprint density at radius 1 is 1.53 bits per heavy atom. The first-order valence-corrected chi connectivity index (χ1v) is 6.23. The monoisotopic (exact) mass is 257 g/mol. The lowest BCUT2D eigenvalue weighted by atomic mass is 10.2. The van der Waals surface area contributed by atoms with Crippen LogP contribution in [-0.2, 0) is 0 Å². The number of carbonyl (C=O) groups excluding carboxylic acids is 1. The molecule has 0 saturated carbocycles. The maximum absolute atomic E-state index is 11.6. The van der Waals surface area contributed by atoms with Crippen LogP contribution in [0.4, 0.5) is 0 Å². The molecule has 0 saturated heterocycles. The van der Waals surface area contributed by atoms with Crippen molar-refractivity contribution in [2.24, 2.45) is 0 Å². The lowest BCUT2D eigenvalue weighted by Gasteiger charge is -2.21. The highest BCUT2D eigenvalue weighted by Gasteiger charge is 2.19. The summed E-state index contributed by atoms with van der Waals surface area (Å²) in [5.41, 5.74) is -0.0284. The van der Waals surface area contributed by atoms with Gasteiger partial charge in [-0.2, -0.15) is 11.8 Å². The lowest BCUT2D eigenvalue weighted by molar-refractivity contribution is 0.0696. The number of amides is 1. The average Bonchev–Trinajstić information content (AvgIpc) is 2.75. The van der Waals surface area contributed by atoms with E-state index in [-0.39, 0.29) is 16.1 Å². The predicted molar refractivity (Wildman–Crippen MR) is 65.6 cm³/mol. The van der Waals surface area contributed by atoms with E-state index < -0.39 is 11.9 Å². The Hall–Kier alpha value is -1.43. The molecule has 6 heteroatoms. The summed E-state index contributed by atoms with van der Waals surface area (Å²) in [5, 5.41) is 11.4. The molecule has 0 bridgehead atoms. The van der Waals surface area contributed by atoms with E-state index in [1.165, 1.54) is 6.07 Å². The Morgan fingerprint density at radius 2 is 2.18 bits per heavy atom. The van der Waals surface area contributed by atoms with Crippen LogP contribution in [0.3, 0.4) is 0 Å². The molecule has 1 aromatic heterocycles. The minimum absolute atomic E-state index is 0.0132. The highest BCUT2D eigenvalue weighted by molar-refractivity contribution is 7.99. The van der Waals surface area contributed by atoms with Crippen molar-refractivity contribution in [2.75, 3.05) is 12.8 Å². The van der Waals surface area contributed by atoms with E-state index in [9.17, 15) is 9.59 Å². The Labute approximate surface area is 104 Å². The fourth-order valence-corrected chi connectivity index (χ4v) is 1.24. The first-order valence-electron chi connectivity index (χ1n) is 5.01. The summed E-state index contributed by atoms with van der Waals surface area (Å²) in [6, 6.07) is 1.21. The zero-order chi connectivity index (χ0) is 13.1. The molecule has 1 aromatic rings. The molecular weight excluding hydrogens is 242 g/mol. The molecule has 1 amide bonds. The second-order valence-corrected chi connectivity index (χ2v) is 5.66. The van der Waals surface area contributed by atoms with Crippen molar-refractivity contribution in [3.8, 4) is 0 Å². The Kier molecular flexibility index (Phi) is 4.22. The molecule has 17 heavy (non-hydrogen) atoms. The maximum atomic E-state index is 11.6. The van der Waals surface area contributed by atoms with Crippen molar-refractivity contribution in [1.29, 1.82) is 0 Å². The first kappa shape index (κ1) is 13.6. The van der Waals surface area contributed by atoms with Gasteiger partial charge in [0.2, 0.25) is 0 Å². The number of rotatable bonds is 5. The van der Waals surface area contributed by atoms with E-state index in [0.717, 1.165) is 6.26 Å². The third-order valence-electron chi connectivity index (χ3n) is 2.30. The van der Waals surface area contributed by atoms with Crippen LogP contribution < -0.4 is 5.32 Å². The second-order valence-electron chi connectivity index (χ2n) is 4.15. The van der Waals surface area contributed by atoms with E-state index in [4.69, 9.17) is 9.52 Å². The lowest BCUT2D eigenvalue weighted by Crippen LogP contribution is -2.35. The van der Waals surface area contributed by atoms with Crippen LogP contribution in [-0.4, -0.2) is 34.5 Å². The van der Waals surface area contributed by atoms with Crippen molar-refractivity contribution >= 4 is 23.6 Å². The van der Waals surface area contributed by atoms with E-state index >= 15 is 0 Å². The molecule has 5 nitrogen and oxygen atoms in total. The van der Waals surface area contributed by atoms with Gasteiger partial charge in [-0.15, -0.1) is 0 Å². The Bertz CT molecular complexity index is 425. The van der Waals surface area contributed by atoms with Gasteiger partial charge in [0.25, 0.3) is 5.91 Å². The number of nitrogens with one attached hydrogen (secondary N) is 1. The van der Waals surface area contributed by atoms with Gasteiger partial charge in [-0.05, 0) is 20.1 Å². The fourth-order valence-electron chi connectivity index (χ4n) is 1.02. The van der Waals surface area contributed by atoms with E-state index in [0.29, 0.717) is 6.54 Å². The Morgan fingerprint density at radius 3 is 2.65 bits per heavy atom. The Balaban J connectivity index is 2.61. The van der Waals surface area contributed by atoms with Crippen LogP contribution in [0.15, 0.2) is 16.7 Å². The van der Waals surface area contributed by atoms with Gasteiger partial charge < -0.3 is 14.8 Å². The predicted octanol–water partition coefficient (Wildman–Crippen LogP) is 1.85. The van der Waals surface area contributed by atoms with Gasteiger partial charge in [0.05, 0.1) is 5.56 Å². The summed E-state index contributed by atoms with van der Waals surface area (Å²) in [7, 11) is 0. The van der Waals surface area contributed by atoms with Crippen LogP contribution in [0.5, 0.6) is 0 Å². The van der Waals surface area contributed by atoms with E-state index in [2.05, 4.69) is 5.32 Å². The molecule has 0 aliphatic carbocycles. The van der Waals surface area contributed by atoms with Gasteiger partial charge >= 0.3 is 5.97 Å². The smallest absolute Gasteiger partial charge is 0.338 e. The van der Waals surface area contributed by atoms with Crippen LogP contribution >= 0.6 is 11.8 Å². The van der Waals surface area contributed by atoms with E-state index in [1.54, 1.807) is 11.8 Å². The number of hydrogen-bond donors (Lipinski definition) is 2. The molecule has 1 heterocycles. The normalized spacial score (nSPS) is 11.2. The molecule has 94 valence electrons. The zero-order valence-corrected chi connectivity index (χ0v) is 10.8. The second kappa shape index (κ2) is 5.27. The number of aromatic carboxylic acids is 1. The summed E-state index contributed by atoms with van der Waals surface area (Å²) in [4.78, 5) is 22.2. The molecule has 2 N–H and O–H groups in total.